The minimum Gasteiger partial charge on any atom is -0.337 e. The van der Waals surface area contributed by atoms with Gasteiger partial charge in [-0.3, -0.25) is 0 Å². The molecule has 4 aromatic carbocycles. The highest BCUT2D eigenvalue weighted by molar-refractivity contribution is 7.19. The van der Waals surface area contributed by atoms with Gasteiger partial charge in [0, 0.05) is 38.4 Å². The fourth-order valence-corrected chi connectivity index (χ4v) is 7.00. The first-order valence-corrected chi connectivity index (χ1v) is 14.8. The van der Waals surface area contributed by atoms with Gasteiger partial charge >= 0.3 is 0 Å². The fourth-order valence-electron chi connectivity index (χ4n) is 5.84. The highest BCUT2D eigenvalue weighted by atomic mass is 32.1. The monoisotopic (exact) mass is 544 g/mol. The minimum absolute atomic E-state index is 0.684. The van der Waals surface area contributed by atoms with Crippen molar-refractivity contribution in [1.82, 2.24) is 0 Å². The van der Waals surface area contributed by atoms with Gasteiger partial charge < -0.3 is 4.90 Å². The van der Waals surface area contributed by atoms with Gasteiger partial charge in [-0.25, -0.2) is 0 Å². The van der Waals surface area contributed by atoms with E-state index in [2.05, 4.69) is 115 Å². The zero-order valence-corrected chi connectivity index (χ0v) is 23.5. The van der Waals surface area contributed by atoms with Crippen LogP contribution in [0, 0.1) is 11.3 Å². The average Bonchev–Trinajstić information content (AvgIpc) is 3.42. The quantitative estimate of drug-likeness (QED) is 0.226. The zero-order valence-electron chi connectivity index (χ0n) is 22.7. The lowest BCUT2D eigenvalue weighted by molar-refractivity contribution is 1.03. The number of benzene rings is 4. The summed E-state index contributed by atoms with van der Waals surface area (Å²) in [5.41, 5.74) is 11.5. The van der Waals surface area contributed by atoms with E-state index in [9.17, 15) is 5.26 Å². The van der Waals surface area contributed by atoms with Crippen molar-refractivity contribution < 1.29 is 0 Å². The molecule has 0 spiro atoms. The van der Waals surface area contributed by atoms with E-state index < -0.39 is 0 Å². The molecule has 0 saturated heterocycles. The predicted molar refractivity (Wildman–Crippen MR) is 175 cm³/mol. The molecule has 5 aromatic rings. The Morgan fingerprint density at radius 1 is 0.805 bits per heavy atom. The SMILES string of the molecule is C=C1/C=C\C=C/CN(c2ccccc2)c2ccc(C3=Cc4c(sc5ccc(-c6ccc(C#N)cc6)cc45)CC3)cc21. The summed E-state index contributed by atoms with van der Waals surface area (Å²) < 4.78 is 1.32. The summed E-state index contributed by atoms with van der Waals surface area (Å²) in [6.45, 7) is 5.24. The van der Waals surface area contributed by atoms with Gasteiger partial charge in [0.15, 0.2) is 0 Å². The van der Waals surface area contributed by atoms with Gasteiger partial charge in [0.2, 0.25) is 0 Å². The largest absolute Gasteiger partial charge is 0.337 e. The van der Waals surface area contributed by atoms with E-state index in [-0.39, 0.29) is 0 Å². The molecule has 2 heterocycles. The van der Waals surface area contributed by atoms with Crippen molar-refractivity contribution >= 4 is 50.0 Å². The highest BCUT2D eigenvalue weighted by Crippen LogP contribution is 2.43. The molecule has 196 valence electrons. The van der Waals surface area contributed by atoms with Gasteiger partial charge in [-0.2, -0.15) is 5.26 Å². The Balaban J connectivity index is 1.30. The summed E-state index contributed by atoms with van der Waals surface area (Å²) in [6, 6.07) is 34.3. The van der Waals surface area contributed by atoms with Crippen molar-refractivity contribution in [2.45, 2.75) is 12.8 Å². The molecule has 2 nitrogen and oxygen atoms in total. The summed E-state index contributed by atoms with van der Waals surface area (Å²) in [5.74, 6) is 0. The van der Waals surface area contributed by atoms with E-state index >= 15 is 0 Å². The predicted octanol–water partition coefficient (Wildman–Crippen LogP) is 10.2. The van der Waals surface area contributed by atoms with Crippen LogP contribution < -0.4 is 4.90 Å². The van der Waals surface area contributed by atoms with E-state index in [1.807, 2.05) is 35.6 Å². The van der Waals surface area contributed by atoms with Crippen LogP contribution in [-0.2, 0) is 6.42 Å². The third-order valence-electron chi connectivity index (χ3n) is 8.00. The number of aryl methyl sites for hydroxylation is 1. The Hall–Kier alpha value is -4.91. The Morgan fingerprint density at radius 3 is 2.44 bits per heavy atom. The number of rotatable bonds is 3. The summed E-state index contributed by atoms with van der Waals surface area (Å²) >= 11 is 1.91. The molecule has 0 N–H and O–H groups in total. The van der Waals surface area contributed by atoms with Crippen LogP contribution in [0.15, 0.2) is 122 Å². The normalized spacial score (nSPS) is 16.0. The van der Waals surface area contributed by atoms with E-state index in [0.717, 1.165) is 36.1 Å². The molecule has 0 saturated carbocycles. The number of thiophene rings is 1. The molecule has 1 aliphatic heterocycles. The first-order valence-electron chi connectivity index (χ1n) is 13.9. The first kappa shape index (κ1) is 25.1. The van der Waals surface area contributed by atoms with Crippen LogP contribution in [0.3, 0.4) is 0 Å². The molecule has 0 atom stereocenters. The Bertz CT molecular complexity index is 1930. The molecular weight excluding hydrogens is 516 g/mol. The Kier molecular flexibility index (Phi) is 6.47. The molecule has 0 fully saturated rings. The maximum absolute atomic E-state index is 9.18. The minimum atomic E-state index is 0.684. The first-order chi connectivity index (χ1) is 20.2. The van der Waals surface area contributed by atoms with Crippen LogP contribution in [0.1, 0.15) is 33.6 Å². The second-order valence-corrected chi connectivity index (χ2v) is 11.6. The number of anilines is 2. The molecule has 41 heavy (non-hydrogen) atoms. The number of nitriles is 1. The number of para-hydroxylation sites is 1. The van der Waals surface area contributed by atoms with Gasteiger partial charge in [-0.05, 0) is 101 Å². The smallest absolute Gasteiger partial charge is 0.0991 e. The molecule has 0 bridgehead atoms. The maximum Gasteiger partial charge on any atom is 0.0991 e. The number of nitrogens with zero attached hydrogens (tertiary/aromatic N) is 2. The molecule has 2 aliphatic rings. The van der Waals surface area contributed by atoms with E-state index in [1.165, 1.54) is 48.6 Å². The van der Waals surface area contributed by atoms with Crippen molar-refractivity contribution in [2.75, 3.05) is 11.4 Å². The number of hydrogen-bond donors (Lipinski definition) is 0. The van der Waals surface area contributed by atoms with Crippen LogP contribution in [0.4, 0.5) is 11.4 Å². The van der Waals surface area contributed by atoms with Gasteiger partial charge in [-0.1, -0.05) is 73.3 Å². The number of fused-ring (bicyclic) bond motifs is 4. The number of allylic oxidation sites excluding steroid dienone is 5. The molecule has 7 rings (SSSR count). The van der Waals surface area contributed by atoms with E-state index in [1.54, 1.807) is 0 Å². The van der Waals surface area contributed by atoms with Gasteiger partial charge in [0.05, 0.1) is 11.6 Å². The molecule has 0 radical (unpaired) electrons. The number of hydrogen-bond acceptors (Lipinski definition) is 3. The molecule has 1 aromatic heterocycles. The third-order valence-corrected chi connectivity index (χ3v) is 9.24. The van der Waals surface area contributed by atoms with Gasteiger partial charge in [0.25, 0.3) is 0 Å². The summed E-state index contributed by atoms with van der Waals surface area (Å²) in [6.07, 6.45) is 13.0. The lowest BCUT2D eigenvalue weighted by Crippen LogP contribution is -2.18. The zero-order chi connectivity index (χ0) is 27.8. The Morgan fingerprint density at radius 2 is 1.61 bits per heavy atom. The van der Waals surface area contributed by atoms with Crippen molar-refractivity contribution in [3.8, 4) is 17.2 Å². The molecule has 1 aliphatic carbocycles. The van der Waals surface area contributed by atoms with Crippen LogP contribution in [0.5, 0.6) is 0 Å². The highest BCUT2D eigenvalue weighted by Gasteiger charge is 2.20. The summed E-state index contributed by atoms with van der Waals surface area (Å²) in [4.78, 5) is 3.82. The lowest BCUT2D eigenvalue weighted by atomic mass is 9.89. The van der Waals surface area contributed by atoms with Gasteiger partial charge in [-0.15, -0.1) is 11.3 Å². The van der Waals surface area contributed by atoms with Crippen LogP contribution in [0.25, 0.3) is 38.4 Å². The fraction of sp³-hybridized carbons (Fsp3) is 0.0789. The second-order valence-electron chi connectivity index (χ2n) is 10.5. The molecule has 0 unspecified atom stereocenters. The molecule has 0 amide bonds. The Labute approximate surface area is 245 Å². The van der Waals surface area contributed by atoms with E-state index in [4.69, 9.17) is 0 Å². The average molecular weight is 545 g/mol. The van der Waals surface area contributed by atoms with Crippen LogP contribution in [-0.4, -0.2) is 6.54 Å². The van der Waals surface area contributed by atoms with Crippen LogP contribution in [0.2, 0.25) is 0 Å². The summed E-state index contributed by atoms with van der Waals surface area (Å²) in [5, 5.41) is 10.5. The molecule has 3 heteroatoms. The summed E-state index contributed by atoms with van der Waals surface area (Å²) in [7, 11) is 0. The standard InChI is InChI=1S/C38H28N2S/c1-26-8-4-3-7-21-40(32-9-5-2-6-10-32)36-18-15-30(22-33(26)36)31-17-20-38-35(24-31)34-23-29(16-19-37(34)41-38)28-13-11-27(25-39)12-14-28/h2-16,18-19,22-24H,1,17,20-21H2/b7-3-,8-4-. The van der Waals surface area contributed by atoms with Gasteiger partial charge in [0.1, 0.15) is 0 Å². The van der Waals surface area contributed by atoms with Crippen molar-refractivity contribution in [1.29, 1.82) is 5.26 Å². The maximum atomic E-state index is 9.18. The van der Waals surface area contributed by atoms with Crippen molar-refractivity contribution in [3.05, 3.63) is 149 Å². The third kappa shape index (κ3) is 4.73. The van der Waals surface area contributed by atoms with Crippen molar-refractivity contribution in [2.24, 2.45) is 0 Å². The second kappa shape index (κ2) is 10.6. The topological polar surface area (TPSA) is 27.0 Å². The van der Waals surface area contributed by atoms with Crippen molar-refractivity contribution in [3.63, 3.8) is 0 Å². The lowest BCUT2D eigenvalue weighted by Gasteiger charge is -2.27. The van der Waals surface area contributed by atoms with Crippen LogP contribution >= 0.6 is 11.3 Å². The molecular formula is C38H28N2S. The van der Waals surface area contributed by atoms with E-state index in [0.29, 0.717) is 5.56 Å².